The van der Waals surface area contributed by atoms with Crippen molar-refractivity contribution in [2.45, 2.75) is 12.3 Å². The number of anilines is 2. The van der Waals surface area contributed by atoms with Crippen molar-refractivity contribution in [1.29, 1.82) is 0 Å². The van der Waals surface area contributed by atoms with E-state index in [0.717, 1.165) is 0 Å². The Balaban J connectivity index is 1.51. The molecule has 164 valence electrons. The van der Waals surface area contributed by atoms with Crippen molar-refractivity contribution in [3.05, 3.63) is 59.6 Å². The molecule has 0 saturated carbocycles. The van der Waals surface area contributed by atoms with Gasteiger partial charge in [-0.1, -0.05) is 18.2 Å². The SMILES string of the molecule is O=C1C[C@H](C(=O)Nc2c(C(=O)N3CCOCC3)oc3ccccc23)c2ccc(F)cc2N1. The number of nitrogens with one attached hydrogen (secondary N) is 2. The fourth-order valence-corrected chi connectivity index (χ4v) is 4.11. The molecule has 2 aromatic carbocycles. The summed E-state index contributed by atoms with van der Waals surface area (Å²) in [5, 5.41) is 5.99. The van der Waals surface area contributed by atoms with Gasteiger partial charge in [0.15, 0.2) is 0 Å². The molecule has 3 amide bonds. The highest BCUT2D eigenvalue weighted by Crippen LogP contribution is 2.36. The number of carbonyl (C=O) groups excluding carboxylic acids is 3. The van der Waals surface area contributed by atoms with Crippen LogP contribution in [0.25, 0.3) is 11.0 Å². The maximum Gasteiger partial charge on any atom is 0.291 e. The van der Waals surface area contributed by atoms with Gasteiger partial charge in [0, 0.05) is 30.6 Å². The molecule has 1 atom stereocenters. The highest BCUT2D eigenvalue weighted by molar-refractivity contribution is 6.13. The van der Waals surface area contributed by atoms with Crippen molar-refractivity contribution in [3.63, 3.8) is 0 Å². The van der Waals surface area contributed by atoms with Crippen LogP contribution >= 0.6 is 0 Å². The molecule has 1 aromatic heterocycles. The highest BCUT2D eigenvalue weighted by atomic mass is 19.1. The number of para-hydroxylation sites is 1. The molecule has 32 heavy (non-hydrogen) atoms. The van der Waals surface area contributed by atoms with E-state index in [4.69, 9.17) is 9.15 Å². The van der Waals surface area contributed by atoms with Crippen LogP contribution < -0.4 is 10.6 Å². The zero-order valence-corrected chi connectivity index (χ0v) is 17.0. The van der Waals surface area contributed by atoms with Crippen molar-refractivity contribution >= 4 is 40.1 Å². The lowest BCUT2D eigenvalue weighted by Crippen LogP contribution is -2.41. The van der Waals surface area contributed by atoms with Crippen LogP contribution in [0.2, 0.25) is 0 Å². The van der Waals surface area contributed by atoms with E-state index in [1.807, 2.05) is 0 Å². The van der Waals surface area contributed by atoms with Gasteiger partial charge >= 0.3 is 0 Å². The van der Waals surface area contributed by atoms with E-state index in [-0.39, 0.29) is 35.4 Å². The first-order valence-corrected chi connectivity index (χ1v) is 10.3. The number of benzene rings is 2. The van der Waals surface area contributed by atoms with E-state index in [1.54, 1.807) is 29.2 Å². The molecule has 9 heteroatoms. The smallest absolute Gasteiger partial charge is 0.291 e. The fourth-order valence-electron chi connectivity index (χ4n) is 4.11. The molecule has 5 rings (SSSR count). The molecule has 0 unspecified atom stereocenters. The van der Waals surface area contributed by atoms with Crippen LogP contribution in [0.15, 0.2) is 46.9 Å². The van der Waals surface area contributed by atoms with Gasteiger partial charge in [-0.25, -0.2) is 4.39 Å². The Hall–Kier alpha value is -3.72. The zero-order chi connectivity index (χ0) is 22.2. The van der Waals surface area contributed by atoms with Crippen LogP contribution in [-0.4, -0.2) is 48.9 Å². The van der Waals surface area contributed by atoms with Crippen molar-refractivity contribution in [1.82, 2.24) is 4.90 Å². The van der Waals surface area contributed by atoms with Crippen LogP contribution in [0, 0.1) is 5.82 Å². The summed E-state index contributed by atoms with van der Waals surface area (Å²) in [6, 6.07) is 10.9. The summed E-state index contributed by atoms with van der Waals surface area (Å²) in [6.07, 6.45) is -0.0903. The van der Waals surface area contributed by atoms with Crippen molar-refractivity contribution in [2.24, 2.45) is 0 Å². The van der Waals surface area contributed by atoms with Gasteiger partial charge in [0.05, 0.1) is 19.1 Å². The summed E-state index contributed by atoms with van der Waals surface area (Å²) in [5.74, 6) is -2.52. The van der Waals surface area contributed by atoms with E-state index < -0.39 is 17.6 Å². The predicted molar refractivity (Wildman–Crippen MR) is 114 cm³/mol. The van der Waals surface area contributed by atoms with Crippen molar-refractivity contribution in [3.8, 4) is 0 Å². The third-order valence-electron chi connectivity index (χ3n) is 5.71. The molecule has 0 aliphatic carbocycles. The molecule has 0 bridgehead atoms. The Morgan fingerprint density at radius 1 is 1.12 bits per heavy atom. The molecule has 3 aromatic rings. The number of fused-ring (bicyclic) bond motifs is 2. The minimum absolute atomic E-state index is 0.0287. The van der Waals surface area contributed by atoms with Crippen LogP contribution in [0.1, 0.15) is 28.5 Å². The Labute approximate surface area is 182 Å². The van der Waals surface area contributed by atoms with E-state index in [1.165, 1.54) is 18.2 Å². The zero-order valence-electron chi connectivity index (χ0n) is 17.0. The average Bonchev–Trinajstić information content (AvgIpc) is 3.16. The van der Waals surface area contributed by atoms with Crippen LogP contribution in [-0.2, 0) is 14.3 Å². The number of rotatable bonds is 3. The van der Waals surface area contributed by atoms with E-state index in [9.17, 15) is 18.8 Å². The van der Waals surface area contributed by atoms with Crippen LogP contribution in [0.4, 0.5) is 15.8 Å². The van der Waals surface area contributed by atoms with Gasteiger partial charge in [0.2, 0.25) is 17.6 Å². The number of halogens is 1. The Morgan fingerprint density at radius 3 is 2.72 bits per heavy atom. The third-order valence-corrected chi connectivity index (χ3v) is 5.71. The monoisotopic (exact) mass is 437 g/mol. The number of hydrogen-bond donors (Lipinski definition) is 2. The minimum Gasteiger partial charge on any atom is -0.449 e. The summed E-state index contributed by atoms with van der Waals surface area (Å²) >= 11 is 0. The third kappa shape index (κ3) is 3.60. The largest absolute Gasteiger partial charge is 0.449 e. The lowest BCUT2D eigenvalue weighted by Gasteiger charge is -2.27. The standard InChI is InChI=1S/C23H20FN3O5/c24-13-5-6-14-16(12-19(28)25-17(14)11-13)22(29)26-20-15-3-1-2-4-18(15)32-21(20)23(30)27-7-9-31-10-8-27/h1-6,11,16H,7-10,12H2,(H,25,28)(H,26,29)/t16-/m0/s1. The first kappa shape index (κ1) is 20.2. The average molecular weight is 437 g/mol. The van der Waals surface area contributed by atoms with E-state index in [0.29, 0.717) is 42.8 Å². The lowest BCUT2D eigenvalue weighted by molar-refractivity contribution is -0.123. The number of hydrogen-bond acceptors (Lipinski definition) is 5. The minimum atomic E-state index is -0.834. The van der Waals surface area contributed by atoms with Gasteiger partial charge in [-0.2, -0.15) is 0 Å². The maximum atomic E-state index is 13.6. The Bertz CT molecular complexity index is 1230. The molecule has 0 spiro atoms. The van der Waals surface area contributed by atoms with E-state index >= 15 is 0 Å². The number of nitrogens with zero attached hydrogens (tertiary/aromatic N) is 1. The van der Waals surface area contributed by atoms with Crippen LogP contribution in [0.5, 0.6) is 0 Å². The van der Waals surface area contributed by atoms with Crippen molar-refractivity contribution in [2.75, 3.05) is 36.9 Å². The van der Waals surface area contributed by atoms with Crippen molar-refractivity contribution < 1.29 is 27.9 Å². The van der Waals surface area contributed by atoms with Crippen LogP contribution in [0.3, 0.4) is 0 Å². The molecule has 1 saturated heterocycles. The lowest BCUT2D eigenvalue weighted by atomic mass is 9.89. The van der Waals surface area contributed by atoms with Gasteiger partial charge in [0.25, 0.3) is 5.91 Å². The maximum absolute atomic E-state index is 13.6. The number of carbonyl (C=O) groups is 3. The predicted octanol–water partition coefficient (Wildman–Crippen LogP) is 3.11. The van der Waals surface area contributed by atoms with Gasteiger partial charge in [-0.05, 0) is 29.8 Å². The topological polar surface area (TPSA) is 101 Å². The summed E-state index contributed by atoms with van der Waals surface area (Å²) in [7, 11) is 0. The number of ether oxygens (including phenoxy) is 1. The summed E-state index contributed by atoms with van der Waals surface area (Å²) < 4.78 is 24.8. The first-order valence-electron chi connectivity index (χ1n) is 10.3. The fraction of sp³-hybridized carbons (Fsp3) is 0.261. The van der Waals surface area contributed by atoms with E-state index in [2.05, 4.69) is 10.6 Å². The highest BCUT2D eigenvalue weighted by Gasteiger charge is 2.33. The molecular formula is C23H20FN3O5. The summed E-state index contributed by atoms with van der Waals surface area (Å²) in [5.41, 5.74) is 1.50. The Morgan fingerprint density at radius 2 is 1.91 bits per heavy atom. The summed E-state index contributed by atoms with van der Waals surface area (Å²) in [6.45, 7) is 1.70. The normalized spacial score (nSPS) is 18.2. The molecule has 1 fully saturated rings. The molecular weight excluding hydrogens is 417 g/mol. The summed E-state index contributed by atoms with van der Waals surface area (Å²) in [4.78, 5) is 40.2. The molecule has 8 nitrogen and oxygen atoms in total. The number of morpholine rings is 1. The van der Waals surface area contributed by atoms with Gasteiger partial charge < -0.3 is 24.7 Å². The molecule has 3 heterocycles. The second-order valence-corrected chi connectivity index (χ2v) is 7.73. The second kappa shape index (κ2) is 8.08. The number of furan rings is 1. The quantitative estimate of drug-likeness (QED) is 0.656. The molecule has 0 radical (unpaired) electrons. The second-order valence-electron chi connectivity index (χ2n) is 7.73. The van der Waals surface area contributed by atoms with Gasteiger partial charge in [0.1, 0.15) is 17.1 Å². The number of amides is 3. The Kier molecular flexibility index (Phi) is 5.10. The van der Waals surface area contributed by atoms with Gasteiger partial charge in [-0.3, -0.25) is 14.4 Å². The first-order chi connectivity index (χ1) is 15.5. The van der Waals surface area contributed by atoms with Gasteiger partial charge in [-0.15, -0.1) is 0 Å². The molecule has 2 aliphatic heterocycles. The molecule has 2 aliphatic rings. The molecule has 2 N–H and O–H groups in total.